The first-order chi connectivity index (χ1) is 15.1. The number of benzene rings is 3. The van der Waals surface area contributed by atoms with Crippen molar-refractivity contribution in [3.63, 3.8) is 0 Å². The number of H-pyrrole nitrogens is 1. The smallest absolute Gasteiger partial charge is 0.325 e. The molecule has 1 heterocycles. The zero-order chi connectivity index (χ0) is 21.6. The average molecular weight is 432 g/mol. The van der Waals surface area contributed by atoms with Crippen LogP contribution in [0.15, 0.2) is 93.3 Å². The minimum absolute atomic E-state index is 0.105. The molecule has 0 saturated carbocycles. The Bertz CT molecular complexity index is 1330. The van der Waals surface area contributed by atoms with Gasteiger partial charge in [-0.1, -0.05) is 54.6 Å². The van der Waals surface area contributed by atoms with E-state index in [1.54, 1.807) is 36.0 Å². The van der Waals surface area contributed by atoms with Gasteiger partial charge >= 0.3 is 5.69 Å². The van der Waals surface area contributed by atoms with E-state index in [1.165, 1.54) is 10.1 Å². The van der Waals surface area contributed by atoms with E-state index in [9.17, 15) is 14.4 Å². The van der Waals surface area contributed by atoms with Gasteiger partial charge in [0.05, 0.1) is 16.6 Å². The number of nitrogens with one attached hydrogen (secondary N) is 2. The van der Waals surface area contributed by atoms with Crippen LogP contribution in [0.3, 0.4) is 0 Å². The maximum atomic E-state index is 12.6. The molecule has 0 aliphatic rings. The predicted octanol–water partition coefficient (Wildman–Crippen LogP) is 4.01. The first-order valence-corrected chi connectivity index (χ1v) is 10.9. The van der Waals surface area contributed by atoms with Gasteiger partial charge in [0.1, 0.15) is 0 Å². The predicted molar refractivity (Wildman–Crippen MR) is 125 cm³/mol. The molecule has 1 aromatic heterocycles. The fraction of sp³-hybridized carbons (Fsp3) is 0.125. The third-order valence-electron chi connectivity index (χ3n) is 4.87. The fourth-order valence-corrected chi connectivity index (χ4v) is 4.29. The fourth-order valence-electron chi connectivity index (χ4n) is 3.32. The van der Waals surface area contributed by atoms with Crippen LogP contribution >= 0.6 is 11.8 Å². The van der Waals surface area contributed by atoms with Gasteiger partial charge in [0.25, 0.3) is 5.56 Å². The van der Waals surface area contributed by atoms with Crippen LogP contribution < -0.4 is 16.6 Å². The van der Waals surface area contributed by atoms with E-state index in [2.05, 4.69) is 22.4 Å². The SMILES string of the molecule is O=C(CCn1c(=O)[nH]c(=O)c2ccccc21)Nc1ccccc1SCc1ccccc1. The summed E-state index contributed by atoms with van der Waals surface area (Å²) in [5.74, 6) is 0.599. The summed E-state index contributed by atoms with van der Waals surface area (Å²) in [7, 11) is 0. The summed E-state index contributed by atoms with van der Waals surface area (Å²) in [6, 6.07) is 24.7. The number of aromatic nitrogens is 2. The number of rotatable bonds is 7. The summed E-state index contributed by atoms with van der Waals surface area (Å²) in [6.45, 7) is 0.168. The molecule has 4 rings (SSSR count). The lowest BCUT2D eigenvalue weighted by Gasteiger charge is -2.12. The van der Waals surface area contributed by atoms with Gasteiger partial charge in [0, 0.05) is 23.6 Å². The summed E-state index contributed by atoms with van der Waals surface area (Å²) >= 11 is 1.65. The number of hydrogen-bond donors (Lipinski definition) is 2. The molecule has 0 aliphatic carbocycles. The number of aryl methyl sites for hydroxylation is 1. The largest absolute Gasteiger partial charge is 0.328 e. The van der Waals surface area contributed by atoms with Gasteiger partial charge in [-0.3, -0.25) is 19.1 Å². The highest BCUT2D eigenvalue weighted by molar-refractivity contribution is 7.98. The first kappa shape index (κ1) is 20.7. The first-order valence-electron chi connectivity index (χ1n) is 9.89. The number of para-hydroxylation sites is 2. The number of carbonyl (C=O) groups is 1. The molecule has 0 fully saturated rings. The van der Waals surface area contributed by atoms with Crippen molar-refractivity contribution in [2.24, 2.45) is 0 Å². The number of carbonyl (C=O) groups excluding carboxylic acids is 1. The zero-order valence-electron chi connectivity index (χ0n) is 16.7. The van der Waals surface area contributed by atoms with Gasteiger partial charge in [0.2, 0.25) is 5.91 Å². The monoisotopic (exact) mass is 431 g/mol. The van der Waals surface area contributed by atoms with E-state index < -0.39 is 11.2 Å². The van der Waals surface area contributed by atoms with Crippen molar-refractivity contribution >= 4 is 34.3 Å². The van der Waals surface area contributed by atoms with E-state index in [1.807, 2.05) is 42.5 Å². The van der Waals surface area contributed by atoms with E-state index in [4.69, 9.17) is 0 Å². The number of fused-ring (bicyclic) bond motifs is 1. The highest BCUT2D eigenvalue weighted by Crippen LogP contribution is 2.29. The lowest BCUT2D eigenvalue weighted by atomic mass is 10.2. The molecule has 1 amide bonds. The van der Waals surface area contributed by atoms with E-state index in [0.717, 1.165) is 16.3 Å². The number of aromatic amines is 1. The summed E-state index contributed by atoms with van der Waals surface area (Å²) in [4.78, 5) is 40.2. The summed E-state index contributed by atoms with van der Waals surface area (Å²) in [6.07, 6.45) is 0.105. The number of hydrogen-bond acceptors (Lipinski definition) is 4. The van der Waals surface area contributed by atoms with Crippen LogP contribution in [0.25, 0.3) is 10.9 Å². The van der Waals surface area contributed by atoms with E-state index in [0.29, 0.717) is 10.9 Å². The van der Waals surface area contributed by atoms with Crippen LogP contribution in [0, 0.1) is 0 Å². The van der Waals surface area contributed by atoms with Crippen molar-refractivity contribution in [3.8, 4) is 0 Å². The molecule has 3 aromatic carbocycles. The zero-order valence-corrected chi connectivity index (χ0v) is 17.5. The molecule has 31 heavy (non-hydrogen) atoms. The summed E-state index contributed by atoms with van der Waals surface area (Å²) < 4.78 is 1.42. The molecule has 2 N–H and O–H groups in total. The number of nitrogens with zero attached hydrogens (tertiary/aromatic N) is 1. The Morgan fingerprint density at radius 1 is 0.903 bits per heavy atom. The molecule has 4 aromatic rings. The maximum absolute atomic E-state index is 12.6. The molecule has 0 aliphatic heterocycles. The minimum Gasteiger partial charge on any atom is -0.325 e. The minimum atomic E-state index is -0.518. The molecule has 0 spiro atoms. The van der Waals surface area contributed by atoms with Gasteiger partial charge in [-0.15, -0.1) is 11.8 Å². The van der Waals surface area contributed by atoms with Crippen molar-refractivity contribution in [1.82, 2.24) is 9.55 Å². The molecule has 156 valence electrons. The highest BCUT2D eigenvalue weighted by atomic mass is 32.2. The van der Waals surface area contributed by atoms with Crippen LogP contribution in [-0.2, 0) is 17.1 Å². The average Bonchev–Trinajstić information content (AvgIpc) is 2.79. The third kappa shape index (κ3) is 4.95. The topological polar surface area (TPSA) is 84.0 Å². The Balaban J connectivity index is 1.45. The Morgan fingerprint density at radius 3 is 2.45 bits per heavy atom. The van der Waals surface area contributed by atoms with E-state index >= 15 is 0 Å². The summed E-state index contributed by atoms with van der Waals surface area (Å²) in [5.41, 5.74) is 1.52. The second-order valence-electron chi connectivity index (χ2n) is 7.00. The van der Waals surface area contributed by atoms with Gasteiger partial charge in [-0.2, -0.15) is 0 Å². The standard InChI is InChI=1S/C24H21N3O3S/c28-22(14-15-27-20-12-6-4-10-18(20)23(29)26-24(27)30)25-19-11-5-7-13-21(19)31-16-17-8-2-1-3-9-17/h1-13H,14-16H2,(H,25,28)(H,26,29,30). The maximum Gasteiger partial charge on any atom is 0.328 e. The van der Waals surface area contributed by atoms with Crippen molar-refractivity contribution < 1.29 is 4.79 Å². The van der Waals surface area contributed by atoms with Crippen LogP contribution in [0.2, 0.25) is 0 Å². The molecular weight excluding hydrogens is 410 g/mol. The Morgan fingerprint density at radius 2 is 1.61 bits per heavy atom. The summed E-state index contributed by atoms with van der Waals surface area (Å²) in [5, 5.41) is 3.37. The third-order valence-corrected chi connectivity index (χ3v) is 6.01. The highest BCUT2D eigenvalue weighted by Gasteiger charge is 2.11. The normalized spacial score (nSPS) is 10.8. The molecule has 0 saturated heterocycles. The number of anilines is 1. The molecule has 0 unspecified atom stereocenters. The second-order valence-corrected chi connectivity index (χ2v) is 8.01. The second kappa shape index (κ2) is 9.49. The van der Waals surface area contributed by atoms with Gasteiger partial charge in [-0.05, 0) is 29.8 Å². The quantitative estimate of drug-likeness (QED) is 0.433. The Labute approximate surface area is 182 Å². The van der Waals surface area contributed by atoms with E-state index in [-0.39, 0.29) is 18.9 Å². The van der Waals surface area contributed by atoms with Crippen LogP contribution in [0.1, 0.15) is 12.0 Å². The Kier molecular flexibility index (Phi) is 6.33. The molecule has 7 heteroatoms. The number of thioether (sulfide) groups is 1. The van der Waals surface area contributed by atoms with Crippen molar-refractivity contribution in [2.75, 3.05) is 5.32 Å². The van der Waals surface area contributed by atoms with Gasteiger partial charge in [0.15, 0.2) is 0 Å². The number of amides is 1. The van der Waals surface area contributed by atoms with Crippen LogP contribution in [-0.4, -0.2) is 15.5 Å². The van der Waals surface area contributed by atoms with Crippen molar-refractivity contribution in [3.05, 3.63) is 105 Å². The van der Waals surface area contributed by atoms with Crippen LogP contribution in [0.4, 0.5) is 5.69 Å². The Hall–Kier alpha value is -3.58. The molecule has 0 bridgehead atoms. The lowest BCUT2D eigenvalue weighted by molar-refractivity contribution is -0.116. The van der Waals surface area contributed by atoms with Gasteiger partial charge in [-0.25, -0.2) is 4.79 Å². The molecular formula is C24H21N3O3S. The van der Waals surface area contributed by atoms with Crippen LogP contribution in [0.5, 0.6) is 0 Å². The lowest BCUT2D eigenvalue weighted by Crippen LogP contribution is -2.31. The molecule has 0 atom stereocenters. The van der Waals surface area contributed by atoms with Gasteiger partial charge < -0.3 is 5.32 Å². The van der Waals surface area contributed by atoms with Crippen molar-refractivity contribution in [2.45, 2.75) is 23.6 Å². The molecule has 0 radical (unpaired) electrons. The van der Waals surface area contributed by atoms with Crippen molar-refractivity contribution in [1.29, 1.82) is 0 Å². The molecule has 6 nitrogen and oxygen atoms in total.